The van der Waals surface area contributed by atoms with Crippen LogP contribution in [-0.2, 0) is 4.79 Å². The number of aromatic nitrogens is 2. The van der Waals surface area contributed by atoms with Gasteiger partial charge in [0.15, 0.2) is 0 Å². The summed E-state index contributed by atoms with van der Waals surface area (Å²) in [6, 6.07) is 1.65. The van der Waals surface area contributed by atoms with Crippen molar-refractivity contribution in [3.8, 4) is 0 Å². The predicted molar refractivity (Wildman–Crippen MR) is 79.2 cm³/mol. The highest BCUT2D eigenvalue weighted by atomic mass is 35.5. The highest BCUT2D eigenvalue weighted by molar-refractivity contribution is 7.00. The highest BCUT2D eigenvalue weighted by Gasteiger charge is 2.13. The highest BCUT2D eigenvalue weighted by Crippen LogP contribution is 2.35. The third-order valence-corrected chi connectivity index (χ3v) is 3.72. The summed E-state index contributed by atoms with van der Waals surface area (Å²) in [5, 5.41) is 6.75. The molecule has 0 saturated carbocycles. The lowest BCUT2D eigenvalue weighted by atomic mass is 10.2. The second-order valence-electron chi connectivity index (χ2n) is 3.88. The van der Waals surface area contributed by atoms with Crippen LogP contribution in [0.2, 0.25) is 10.0 Å². The maximum absolute atomic E-state index is 11.1. The maximum Gasteiger partial charge on any atom is 0.219 e. The molecule has 0 aliphatic heterocycles. The topological polar surface area (TPSA) is 66.9 Å². The van der Waals surface area contributed by atoms with Crippen molar-refractivity contribution in [1.29, 1.82) is 0 Å². The number of nitrogens with zero attached hydrogens (tertiary/aromatic N) is 2. The first-order valence-electron chi connectivity index (χ1n) is 5.68. The Hall–Kier alpha value is -1.11. The van der Waals surface area contributed by atoms with Crippen LogP contribution in [0.15, 0.2) is 6.07 Å². The van der Waals surface area contributed by atoms with Crippen molar-refractivity contribution in [1.82, 2.24) is 14.1 Å². The lowest BCUT2D eigenvalue weighted by Gasteiger charge is -2.09. The number of hydrogen-bond acceptors (Lipinski definition) is 5. The van der Waals surface area contributed by atoms with Crippen molar-refractivity contribution in [2.45, 2.75) is 12.8 Å². The van der Waals surface area contributed by atoms with E-state index in [1.807, 2.05) is 0 Å². The molecule has 102 valence electrons. The molecule has 0 radical (unpaired) electrons. The van der Waals surface area contributed by atoms with Crippen molar-refractivity contribution in [3.05, 3.63) is 16.1 Å². The van der Waals surface area contributed by atoms with E-state index in [4.69, 9.17) is 23.2 Å². The number of hydrogen-bond donors (Lipinski definition) is 2. The summed E-state index contributed by atoms with van der Waals surface area (Å²) >= 11 is 13.3. The van der Waals surface area contributed by atoms with Crippen LogP contribution < -0.4 is 10.6 Å². The molecule has 5 nitrogen and oxygen atoms in total. The van der Waals surface area contributed by atoms with Gasteiger partial charge in [0.25, 0.3) is 0 Å². The number of amides is 1. The van der Waals surface area contributed by atoms with Gasteiger partial charge in [-0.05, 0) is 12.5 Å². The average Bonchev–Trinajstić information content (AvgIpc) is 2.86. The molecule has 0 unspecified atom stereocenters. The van der Waals surface area contributed by atoms with Crippen molar-refractivity contribution in [2.24, 2.45) is 0 Å². The van der Waals surface area contributed by atoms with E-state index in [2.05, 4.69) is 19.4 Å². The van der Waals surface area contributed by atoms with Gasteiger partial charge in [-0.15, -0.1) is 0 Å². The van der Waals surface area contributed by atoms with Crippen molar-refractivity contribution >= 4 is 57.6 Å². The number of nitrogens with one attached hydrogen (secondary N) is 2. The SMILES string of the molecule is CNC(=O)CCCNc1c(Cl)cc(Cl)c2nsnc12. The smallest absolute Gasteiger partial charge is 0.219 e. The van der Waals surface area contributed by atoms with Gasteiger partial charge in [0, 0.05) is 20.0 Å². The second-order valence-corrected chi connectivity index (χ2v) is 5.22. The first kappa shape index (κ1) is 14.3. The van der Waals surface area contributed by atoms with E-state index in [0.29, 0.717) is 46.2 Å². The molecule has 19 heavy (non-hydrogen) atoms. The minimum Gasteiger partial charge on any atom is -0.382 e. The Morgan fingerprint density at radius 3 is 2.79 bits per heavy atom. The Morgan fingerprint density at radius 2 is 2.05 bits per heavy atom. The van der Waals surface area contributed by atoms with E-state index < -0.39 is 0 Å². The van der Waals surface area contributed by atoms with Gasteiger partial charge in [0.1, 0.15) is 11.0 Å². The second kappa shape index (κ2) is 6.36. The molecule has 8 heteroatoms. The molecule has 0 spiro atoms. The average molecular weight is 319 g/mol. The fourth-order valence-electron chi connectivity index (χ4n) is 1.63. The van der Waals surface area contributed by atoms with Gasteiger partial charge in [0.2, 0.25) is 5.91 Å². The lowest BCUT2D eigenvalue weighted by Crippen LogP contribution is -2.18. The van der Waals surface area contributed by atoms with Crippen LogP contribution in [0, 0.1) is 0 Å². The number of fused-ring (bicyclic) bond motifs is 1. The lowest BCUT2D eigenvalue weighted by molar-refractivity contribution is -0.120. The maximum atomic E-state index is 11.1. The van der Waals surface area contributed by atoms with Gasteiger partial charge in [-0.1, -0.05) is 23.2 Å². The van der Waals surface area contributed by atoms with Crippen molar-refractivity contribution in [3.63, 3.8) is 0 Å². The zero-order valence-electron chi connectivity index (χ0n) is 10.2. The summed E-state index contributed by atoms with van der Waals surface area (Å²) in [5.74, 6) is 0.0180. The van der Waals surface area contributed by atoms with Crippen LogP contribution in [0.5, 0.6) is 0 Å². The Bertz CT molecular complexity index is 602. The van der Waals surface area contributed by atoms with E-state index in [1.165, 1.54) is 0 Å². The van der Waals surface area contributed by atoms with Gasteiger partial charge in [-0.25, -0.2) is 0 Å². The van der Waals surface area contributed by atoms with Gasteiger partial charge in [-0.3, -0.25) is 4.79 Å². The van der Waals surface area contributed by atoms with E-state index in [9.17, 15) is 4.79 Å². The first-order chi connectivity index (χ1) is 9.13. The number of halogens is 2. The molecule has 0 aliphatic rings. The third-order valence-electron chi connectivity index (χ3n) is 2.61. The molecule has 1 aromatic carbocycles. The fourth-order valence-corrected chi connectivity index (χ4v) is 2.81. The zero-order valence-corrected chi connectivity index (χ0v) is 12.5. The molecule has 1 heterocycles. The molecule has 0 atom stereocenters. The van der Waals surface area contributed by atoms with Crippen LogP contribution in [0.3, 0.4) is 0 Å². The largest absolute Gasteiger partial charge is 0.382 e. The molecule has 1 amide bonds. The van der Waals surface area contributed by atoms with Crippen LogP contribution in [-0.4, -0.2) is 28.2 Å². The summed E-state index contributed by atoms with van der Waals surface area (Å²) in [6.07, 6.45) is 1.17. The standard InChI is InChI=1S/C11H12Cl2N4OS/c1-14-8(18)3-2-4-15-9-6(12)5-7(13)10-11(9)17-19-16-10/h5,15H,2-4H2,1H3,(H,14,18). The molecule has 0 aliphatic carbocycles. The number of carbonyl (C=O) groups excluding carboxylic acids is 1. The van der Waals surface area contributed by atoms with E-state index in [1.54, 1.807) is 13.1 Å². The quantitative estimate of drug-likeness (QED) is 0.832. The van der Waals surface area contributed by atoms with Gasteiger partial charge in [0.05, 0.1) is 27.5 Å². The summed E-state index contributed by atoms with van der Waals surface area (Å²) in [5.41, 5.74) is 2.03. The van der Waals surface area contributed by atoms with Crippen LogP contribution in [0.25, 0.3) is 11.0 Å². The number of anilines is 1. The van der Waals surface area contributed by atoms with Gasteiger partial charge < -0.3 is 10.6 Å². The number of benzene rings is 1. The van der Waals surface area contributed by atoms with Crippen LogP contribution in [0.1, 0.15) is 12.8 Å². The minimum atomic E-state index is 0.0180. The van der Waals surface area contributed by atoms with Crippen molar-refractivity contribution < 1.29 is 4.79 Å². The zero-order chi connectivity index (χ0) is 13.8. The van der Waals surface area contributed by atoms with E-state index in [0.717, 1.165) is 11.7 Å². The Kier molecular flexibility index (Phi) is 4.79. The third kappa shape index (κ3) is 3.26. The van der Waals surface area contributed by atoms with Crippen LogP contribution in [0.4, 0.5) is 5.69 Å². The summed E-state index contributed by atoms with van der Waals surface area (Å²) in [4.78, 5) is 11.1. The Labute approximate surface area is 124 Å². The number of rotatable bonds is 5. The molecule has 0 bridgehead atoms. The van der Waals surface area contributed by atoms with E-state index in [-0.39, 0.29) is 5.91 Å². The predicted octanol–water partition coefficient (Wildman–Crippen LogP) is 2.94. The molecule has 0 fully saturated rings. The first-order valence-corrected chi connectivity index (χ1v) is 7.17. The minimum absolute atomic E-state index is 0.0180. The number of carbonyl (C=O) groups is 1. The van der Waals surface area contributed by atoms with Gasteiger partial charge in [-0.2, -0.15) is 8.75 Å². The molecule has 2 rings (SSSR count). The van der Waals surface area contributed by atoms with Crippen LogP contribution >= 0.6 is 34.9 Å². The van der Waals surface area contributed by atoms with Gasteiger partial charge >= 0.3 is 0 Å². The van der Waals surface area contributed by atoms with E-state index >= 15 is 0 Å². The monoisotopic (exact) mass is 318 g/mol. The normalized spacial score (nSPS) is 10.7. The summed E-state index contributed by atoms with van der Waals surface area (Å²) in [6.45, 7) is 0.626. The molecular weight excluding hydrogens is 307 g/mol. The molecule has 2 aromatic rings. The summed E-state index contributed by atoms with van der Waals surface area (Å²) < 4.78 is 8.32. The molecule has 0 saturated heterocycles. The summed E-state index contributed by atoms with van der Waals surface area (Å²) in [7, 11) is 1.62. The molecule has 2 N–H and O–H groups in total. The van der Waals surface area contributed by atoms with Crippen molar-refractivity contribution in [2.75, 3.05) is 18.9 Å². The Morgan fingerprint density at radius 1 is 1.32 bits per heavy atom. The molecule has 1 aromatic heterocycles. The molecular formula is C11H12Cl2N4OS. The fraction of sp³-hybridized carbons (Fsp3) is 0.364. The Balaban J connectivity index is 2.08.